The van der Waals surface area contributed by atoms with E-state index in [1.165, 1.54) is 0 Å². The van der Waals surface area contributed by atoms with Gasteiger partial charge in [-0.05, 0) is 20.3 Å². The van der Waals surface area contributed by atoms with Gasteiger partial charge in [0.1, 0.15) is 6.61 Å². The molecule has 0 aromatic heterocycles. The van der Waals surface area contributed by atoms with Crippen LogP contribution in [0.4, 0.5) is 8.78 Å². The Kier molecular flexibility index (Phi) is 5.47. The zero-order chi connectivity index (χ0) is 13.7. The molecule has 0 heterocycles. The number of halogens is 2. The van der Waals surface area contributed by atoms with Crippen molar-refractivity contribution in [2.75, 3.05) is 13.2 Å². The molecule has 0 saturated heterocycles. The van der Waals surface area contributed by atoms with Gasteiger partial charge in [-0.2, -0.15) is 8.78 Å². The van der Waals surface area contributed by atoms with Crippen molar-refractivity contribution in [2.24, 2.45) is 5.41 Å². The number of rotatable bonds is 7. The van der Waals surface area contributed by atoms with Crippen LogP contribution < -0.4 is 0 Å². The molecule has 0 radical (unpaired) electrons. The third-order valence-corrected chi connectivity index (χ3v) is 2.29. The van der Waals surface area contributed by atoms with Gasteiger partial charge in [0, 0.05) is 0 Å². The summed E-state index contributed by atoms with van der Waals surface area (Å²) in [5.41, 5.74) is -0.699. The summed E-state index contributed by atoms with van der Waals surface area (Å²) in [5.74, 6) is -2.92. The molecule has 7 heteroatoms. The SMILES string of the molecule is CCC(C)(C)C(=O)OCCOC(F)(F)C(=O)O. The maximum absolute atomic E-state index is 12.4. The zero-order valence-electron chi connectivity index (χ0n) is 9.96. The molecule has 0 aliphatic heterocycles. The number of alkyl halides is 2. The number of carbonyl (C=O) groups is 2. The molecule has 5 nitrogen and oxygen atoms in total. The first-order valence-electron chi connectivity index (χ1n) is 5.06. The molecule has 0 aromatic carbocycles. The third kappa shape index (κ3) is 5.08. The van der Waals surface area contributed by atoms with E-state index in [-0.39, 0.29) is 0 Å². The van der Waals surface area contributed by atoms with Gasteiger partial charge in [0.25, 0.3) is 0 Å². The highest BCUT2D eigenvalue weighted by molar-refractivity contribution is 5.75. The number of carboxylic acid groups (broad SMARTS) is 1. The van der Waals surface area contributed by atoms with Crippen LogP contribution in [-0.4, -0.2) is 36.4 Å². The van der Waals surface area contributed by atoms with Gasteiger partial charge in [-0.3, -0.25) is 4.79 Å². The Morgan fingerprint density at radius 2 is 1.76 bits per heavy atom. The van der Waals surface area contributed by atoms with Gasteiger partial charge >= 0.3 is 18.0 Å². The number of ether oxygens (including phenoxy) is 2. The second-order valence-corrected chi connectivity index (χ2v) is 4.04. The highest BCUT2D eigenvalue weighted by Crippen LogP contribution is 2.21. The van der Waals surface area contributed by atoms with Crippen molar-refractivity contribution in [3.05, 3.63) is 0 Å². The van der Waals surface area contributed by atoms with Gasteiger partial charge < -0.3 is 14.6 Å². The van der Waals surface area contributed by atoms with Gasteiger partial charge in [0.2, 0.25) is 0 Å². The van der Waals surface area contributed by atoms with Crippen LogP contribution in [0, 0.1) is 5.41 Å². The Balaban J connectivity index is 3.95. The fourth-order valence-corrected chi connectivity index (χ4v) is 0.706. The zero-order valence-corrected chi connectivity index (χ0v) is 9.96. The van der Waals surface area contributed by atoms with Crippen molar-refractivity contribution in [3.8, 4) is 0 Å². The highest BCUT2D eigenvalue weighted by atomic mass is 19.3. The molecule has 0 aromatic rings. The summed E-state index contributed by atoms with van der Waals surface area (Å²) in [6, 6.07) is 0. The lowest BCUT2D eigenvalue weighted by atomic mass is 9.91. The van der Waals surface area contributed by atoms with Crippen molar-refractivity contribution >= 4 is 11.9 Å². The molecule has 0 amide bonds. The van der Waals surface area contributed by atoms with Gasteiger partial charge in [-0.1, -0.05) is 6.92 Å². The maximum Gasteiger partial charge on any atom is 0.456 e. The highest BCUT2D eigenvalue weighted by Gasteiger charge is 2.40. The largest absolute Gasteiger partial charge is 0.475 e. The summed E-state index contributed by atoms with van der Waals surface area (Å²) in [6.07, 6.45) is -3.72. The Bertz CT molecular complexity index is 288. The lowest BCUT2D eigenvalue weighted by Gasteiger charge is -2.20. The second-order valence-electron chi connectivity index (χ2n) is 4.04. The van der Waals surface area contributed by atoms with Gasteiger partial charge in [0.05, 0.1) is 12.0 Å². The second kappa shape index (κ2) is 5.90. The molecule has 100 valence electrons. The molecule has 0 rings (SSSR count). The molecule has 0 unspecified atom stereocenters. The summed E-state index contributed by atoms with van der Waals surface area (Å²) in [7, 11) is 0. The van der Waals surface area contributed by atoms with Gasteiger partial charge in [-0.25, -0.2) is 4.79 Å². The van der Waals surface area contributed by atoms with E-state index in [2.05, 4.69) is 9.47 Å². The molecular formula is C10H16F2O5. The summed E-state index contributed by atoms with van der Waals surface area (Å²) in [4.78, 5) is 21.3. The number of carboxylic acids is 1. The lowest BCUT2D eigenvalue weighted by molar-refractivity contribution is -0.248. The van der Waals surface area contributed by atoms with Crippen LogP contribution in [0.5, 0.6) is 0 Å². The third-order valence-electron chi connectivity index (χ3n) is 2.29. The number of esters is 1. The first-order chi connectivity index (χ1) is 7.63. The lowest BCUT2D eigenvalue weighted by Crippen LogP contribution is -2.34. The van der Waals surface area contributed by atoms with Gasteiger partial charge in [-0.15, -0.1) is 0 Å². The molecular weight excluding hydrogens is 238 g/mol. The summed E-state index contributed by atoms with van der Waals surface area (Å²) < 4.78 is 33.3. The van der Waals surface area contributed by atoms with E-state index < -0.39 is 36.7 Å². The predicted octanol–water partition coefficient (Wildman–Crippen LogP) is 1.66. The summed E-state index contributed by atoms with van der Waals surface area (Å²) in [6.45, 7) is 4.01. The first kappa shape index (κ1) is 15.8. The van der Waals surface area contributed by atoms with Crippen molar-refractivity contribution in [2.45, 2.75) is 33.3 Å². The van der Waals surface area contributed by atoms with E-state index in [9.17, 15) is 18.4 Å². The molecule has 0 spiro atoms. The monoisotopic (exact) mass is 254 g/mol. The van der Waals surface area contributed by atoms with Crippen LogP contribution in [-0.2, 0) is 19.1 Å². The topological polar surface area (TPSA) is 72.8 Å². The van der Waals surface area contributed by atoms with E-state index >= 15 is 0 Å². The van der Waals surface area contributed by atoms with Crippen molar-refractivity contribution in [1.29, 1.82) is 0 Å². The quantitative estimate of drug-likeness (QED) is 0.552. The molecule has 1 N–H and O–H groups in total. The number of hydrogen-bond donors (Lipinski definition) is 1. The standard InChI is InChI=1S/C10H16F2O5/c1-4-9(2,3)8(15)16-5-6-17-10(11,12)7(13)14/h4-6H2,1-3H3,(H,13,14). The van der Waals surface area contributed by atoms with Crippen molar-refractivity contribution in [3.63, 3.8) is 0 Å². The average Bonchev–Trinajstić information content (AvgIpc) is 2.23. The number of carbonyl (C=O) groups excluding carboxylic acids is 1. The summed E-state index contributed by atoms with van der Waals surface area (Å²) >= 11 is 0. The van der Waals surface area contributed by atoms with E-state index in [4.69, 9.17) is 5.11 Å². The van der Waals surface area contributed by atoms with Crippen LogP contribution in [0.2, 0.25) is 0 Å². The summed E-state index contributed by atoms with van der Waals surface area (Å²) in [5, 5.41) is 8.03. The minimum atomic E-state index is -4.26. The van der Waals surface area contributed by atoms with E-state index in [0.717, 1.165) is 0 Å². The minimum absolute atomic E-state index is 0.412. The minimum Gasteiger partial charge on any atom is -0.475 e. The molecule has 0 fully saturated rings. The van der Waals surface area contributed by atoms with Crippen LogP contribution >= 0.6 is 0 Å². The first-order valence-corrected chi connectivity index (χ1v) is 5.06. The van der Waals surface area contributed by atoms with Crippen LogP contribution in [0.1, 0.15) is 27.2 Å². The van der Waals surface area contributed by atoms with E-state index in [1.807, 2.05) is 0 Å². The van der Waals surface area contributed by atoms with E-state index in [0.29, 0.717) is 6.42 Å². The molecule has 0 saturated carbocycles. The van der Waals surface area contributed by atoms with Crippen LogP contribution in [0.15, 0.2) is 0 Å². The Morgan fingerprint density at radius 1 is 1.24 bits per heavy atom. The van der Waals surface area contributed by atoms with Gasteiger partial charge in [0.15, 0.2) is 0 Å². The number of hydrogen-bond acceptors (Lipinski definition) is 4. The molecule has 0 atom stereocenters. The average molecular weight is 254 g/mol. The molecule has 17 heavy (non-hydrogen) atoms. The smallest absolute Gasteiger partial charge is 0.456 e. The Morgan fingerprint density at radius 3 is 2.18 bits per heavy atom. The van der Waals surface area contributed by atoms with Crippen LogP contribution in [0.3, 0.4) is 0 Å². The fourth-order valence-electron chi connectivity index (χ4n) is 0.706. The van der Waals surface area contributed by atoms with Crippen LogP contribution in [0.25, 0.3) is 0 Å². The fraction of sp³-hybridized carbons (Fsp3) is 0.800. The Labute approximate surface area is 97.7 Å². The predicted molar refractivity (Wildman–Crippen MR) is 53.6 cm³/mol. The van der Waals surface area contributed by atoms with Crippen molar-refractivity contribution in [1.82, 2.24) is 0 Å². The van der Waals surface area contributed by atoms with E-state index in [1.54, 1.807) is 20.8 Å². The Hall–Kier alpha value is -1.24. The number of aliphatic carboxylic acids is 1. The molecule has 0 bridgehead atoms. The maximum atomic E-state index is 12.4. The van der Waals surface area contributed by atoms with Crippen molar-refractivity contribution < 1.29 is 33.0 Å². The molecule has 0 aliphatic carbocycles. The normalized spacial score (nSPS) is 12.3. The molecule has 0 aliphatic rings.